The highest BCUT2D eigenvalue weighted by Crippen LogP contribution is 2.13. The molecule has 0 saturated heterocycles. The summed E-state index contributed by atoms with van der Waals surface area (Å²) in [5.74, 6) is -0.286. The zero-order chi connectivity index (χ0) is 8.97. The Kier molecular flexibility index (Phi) is 3.00. The fourth-order valence-electron chi connectivity index (χ4n) is 0.953. The van der Waals surface area contributed by atoms with E-state index in [1.165, 1.54) is 12.1 Å². The number of benzene rings is 1. The van der Waals surface area contributed by atoms with Crippen molar-refractivity contribution in [3.8, 4) is 0 Å². The molecule has 0 amide bonds. The van der Waals surface area contributed by atoms with E-state index in [2.05, 4.69) is 0 Å². The molecule has 1 aromatic rings. The number of allylic oxidation sites excluding steroid dienone is 1. The summed E-state index contributed by atoms with van der Waals surface area (Å²) in [6.07, 6.45) is 2.77. The Morgan fingerprint density at radius 2 is 1.92 bits per heavy atom. The molecule has 0 heterocycles. The van der Waals surface area contributed by atoms with Crippen molar-refractivity contribution in [3.05, 3.63) is 47.8 Å². The van der Waals surface area contributed by atoms with E-state index in [9.17, 15) is 9.50 Å². The predicted octanol–water partition coefficient (Wildman–Crippen LogP) is 2.44. The lowest BCUT2D eigenvalue weighted by atomic mass is 10.1. The van der Waals surface area contributed by atoms with Gasteiger partial charge in [0.25, 0.3) is 0 Å². The van der Waals surface area contributed by atoms with Crippen molar-refractivity contribution in [1.82, 2.24) is 0 Å². The van der Waals surface area contributed by atoms with Crippen molar-refractivity contribution in [2.75, 3.05) is 0 Å². The minimum atomic E-state index is -0.629. The van der Waals surface area contributed by atoms with E-state index in [-0.39, 0.29) is 5.82 Å². The van der Waals surface area contributed by atoms with E-state index in [0.29, 0.717) is 5.56 Å². The van der Waals surface area contributed by atoms with Gasteiger partial charge in [-0.05, 0) is 24.6 Å². The predicted molar refractivity (Wildman–Crippen MR) is 46.2 cm³/mol. The van der Waals surface area contributed by atoms with Crippen molar-refractivity contribution in [3.63, 3.8) is 0 Å². The lowest BCUT2D eigenvalue weighted by Gasteiger charge is -2.04. The van der Waals surface area contributed by atoms with Crippen molar-refractivity contribution < 1.29 is 9.50 Å². The Morgan fingerprint density at radius 3 is 2.42 bits per heavy atom. The van der Waals surface area contributed by atoms with Gasteiger partial charge in [0.1, 0.15) is 5.82 Å². The van der Waals surface area contributed by atoms with Gasteiger partial charge in [0, 0.05) is 0 Å². The molecule has 1 rings (SSSR count). The Labute approximate surface area is 71.2 Å². The lowest BCUT2D eigenvalue weighted by Crippen LogP contribution is -1.92. The molecular formula is C10H11FO. The highest BCUT2D eigenvalue weighted by Gasteiger charge is 2.01. The molecule has 1 unspecified atom stereocenters. The van der Waals surface area contributed by atoms with E-state index in [1.54, 1.807) is 24.3 Å². The highest BCUT2D eigenvalue weighted by atomic mass is 19.1. The molecule has 2 heteroatoms. The van der Waals surface area contributed by atoms with Crippen molar-refractivity contribution in [2.45, 2.75) is 13.0 Å². The third-order valence-electron chi connectivity index (χ3n) is 1.59. The van der Waals surface area contributed by atoms with Crippen LogP contribution in [0.15, 0.2) is 36.4 Å². The standard InChI is InChI=1S/C10H11FO/c1-2-3-10(12)8-4-6-9(11)7-5-8/h2-7,10,12H,1H3. The summed E-state index contributed by atoms with van der Waals surface area (Å²) in [6.45, 7) is 1.83. The minimum Gasteiger partial charge on any atom is -0.384 e. The van der Waals surface area contributed by atoms with Gasteiger partial charge in [0.2, 0.25) is 0 Å². The number of aliphatic hydroxyl groups excluding tert-OH is 1. The average molecular weight is 166 g/mol. The first-order valence-electron chi connectivity index (χ1n) is 3.80. The van der Waals surface area contributed by atoms with Crippen molar-refractivity contribution in [1.29, 1.82) is 0 Å². The van der Waals surface area contributed by atoms with Crippen LogP contribution in [0.5, 0.6) is 0 Å². The Bertz CT molecular complexity index is 264. The molecule has 1 atom stereocenters. The van der Waals surface area contributed by atoms with Gasteiger partial charge < -0.3 is 5.11 Å². The quantitative estimate of drug-likeness (QED) is 0.669. The molecule has 0 bridgehead atoms. The van der Waals surface area contributed by atoms with Gasteiger partial charge in [-0.25, -0.2) is 4.39 Å². The van der Waals surface area contributed by atoms with Crippen LogP contribution in [0.3, 0.4) is 0 Å². The summed E-state index contributed by atoms with van der Waals surface area (Å²) in [5.41, 5.74) is 0.703. The van der Waals surface area contributed by atoms with Gasteiger partial charge >= 0.3 is 0 Å². The Morgan fingerprint density at radius 1 is 1.33 bits per heavy atom. The summed E-state index contributed by atoms with van der Waals surface area (Å²) in [4.78, 5) is 0. The molecule has 0 saturated carbocycles. The van der Waals surface area contributed by atoms with Gasteiger partial charge in [-0.1, -0.05) is 24.3 Å². The maximum Gasteiger partial charge on any atom is 0.123 e. The first-order valence-corrected chi connectivity index (χ1v) is 3.80. The van der Waals surface area contributed by atoms with Crippen molar-refractivity contribution >= 4 is 0 Å². The summed E-state index contributed by atoms with van der Waals surface area (Å²) in [5, 5.41) is 9.40. The normalized spacial score (nSPS) is 13.6. The van der Waals surface area contributed by atoms with E-state index in [4.69, 9.17) is 0 Å². The van der Waals surface area contributed by atoms with Crippen LogP contribution in [-0.2, 0) is 0 Å². The SMILES string of the molecule is CC=CC(O)c1ccc(F)cc1. The molecule has 64 valence electrons. The number of hydrogen-bond donors (Lipinski definition) is 1. The van der Waals surface area contributed by atoms with Crippen LogP contribution in [0.2, 0.25) is 0 Å². The summed E-state index contributed by atoms with van der Waals surface area (Å²) in [6, 6.07) is 5.81. The molecule has 0 radical (unpaired) electrons. The van der Waals surface area contributed by atoms with E-state index < -0.39 is 6.10 Å². The zero-order valence-electron chi connectivity index (χ0n) is 6.87. The zero-order valence-corrected chi connectivity index (χ0v) is 6.87. The van der Waals surface area contributed by atoms with Gasteiger partial charge in [-0.2, -0.15) is 0 Å². The highest BCUT2D eigenvalue weighted by molar-refractivity contribution is 5.21. The van der Waals surface area contributed by atoms with Crippen LogP contribution in [-0.4, -0.2) is 5.11 Å². The third kappa shape index (κ3) is 2.17. The van der Waals surface area contributed by atoms with Crippen LogP contribution in [0, 0.1) is 5.82 Å². The smallest absolute Gasteiger partial charge is 0.123 e. The number of halogens is 1. The van der Waals surface area contributed by atoms with Crippen molar-refractivity contribution in [2.24, 2.45) is 0 Å². The molecule has 0 fully saturated rings. The largest absolute Gasteiger partial charge is 0.384 e. The second-order valence-corrected chi connectivity index (χ2v) is 2.52. The molecule has 1 aromatic carbocycles. The van der Waals surface area contributed by atoms with Gasteiger partial charge in [0.15, 0.2) is 0 Å². The Balaban J connectivity index is 2.82. The third-order valence-corrected chi connectivity index (χ3v) is 1.59. The second kappa shape index (κ2) is 4.02. The molecule has 0 aliphatic heterocycles. The number of rotatable bonds is 2. The molecule has 1 nitrogen and oxygen atoms in total. The number of hydrogen-bond acceptors (Lipinski definition) is 1. The van der Waals surface area contributed by atoms with Crippen LogP contribution in [0.25, 0.3) is 0 Å². The van der Waals surface area contributed by atoms with Gasteiger partial charge in [-0.15, -0.1) is 0 Å². The maximum absolute atomic E-state index is 12.4. The van der Waals surface area contributed by atoms with Crippen LogP contribution >= 0.6 is 0 Å². The van der Waals surface area contributed by atoms with Gasteiger partial charge in [-0.3, -0.25) is 0 Å². The second-order valence-electron chi connectivity index (χ2n) is 2.52. The minimum absolute atomic E-state index is 0.286. The molecular weight excluding hydrogens is 155 g/mol. The van der Waals surface area contributed by atoms with Gasteiger partial charge in [0.05, 0.1) is 6.10 Å². The maximum atomic E-state index is 12.4. The van der Waals surface area contributed by atoms with E-state index in [1.807, 2.05) is 6.92 Å². The van der Waals surface area contributed by atoms with E-state index in [0.717, 1.165) is 0 Å². The molecule has 0 aromatic heterocycles. The fraction of sp³-hybridized carbons (Fsp3) is 0.200. The summed E-state index contributed by atoms with van der Waals surface area (Å²) >= 11 is 0. The van der Waals surface area contributed by atoms with E-state index >= 15 is 0 Å². The van der Waals surface area contributed by atoms with Crippen LogP contribution in [0.4, 0.5) is 4.39 Å². The molecule has 0 aliphatic rings. The van der Waals surface area contributed by atoms with Crippen LogP contribution in [0.1, 0.15) is 18.6 Å². The average Bonchev–Trinajstić information content (AvgIpc) is 2.06. The molecule has 12 heavy (non-hydrogen) atoms. The topological polar surface area (TPSA) is 20.2 Å². The lowest BCUT2D eigenvalue weighted by molar-refractivity contribution is 0.228. The number of aliphatic hydroxyl groups is 1. The molecule has 1 N–H and O–H groups in total. The first-order chi connectivity index (χ1) is 5.74. The summed E-state index contributed by atoms with van der Waals surface area (Å²) in [7, 11) is 0. The molecule has 0 aliphatic carbocycles. The molecule has 0 spiro atoms. The monoisotopic (exact) mass is 166 g/mol. The first kappa shape index (κ1) is 8.94. The summed E-state index contributed by atoms with van der Waals surface area (Å²) < 4.78 is 12.4. The van der Waals surface area contributed by atoms with Crippen LogP contribution < -0.4 is 0 Å². The fourth-order valence-corrected chi connectivity index (χ4v) is 0.953. The Hall–Kier alpha value is -1.15.